The Bertz CT molecular complexity index is 530. The topological polar surface area (TPSA) is 36.7 Å². The third-order valence-corrected chi connectivity index (χ3v) is 3.87. The summed E-state index contributed by atoms with van der Waals surface area (Å²) < 4.78 is 2.95. The molecule has 0 N–H and O–H groups in total. The molecule has 0 unspecified atom stereocenters. The summed E-state index contributed by atoms with van der Waals surface area (Å²) in [5.41, 5.74) is 0.910. The van der Waals surface area contributed by atoms with Gasteiger partial charge in [-0.3, -0.25) is 0 Å². The Hall–Kier alpha value is -0.890. The second-order valence-electron chi connectivity index (χ2n) is 4.33. The zero-order valence-corrected chi connectivity index (χ0v) is 11.8. The van der Waals surface area contributed by atoms with E-state index in [-0.39, 0.29) is 0 Å². The van der Waals surface area contributed by atoms with Gasteiger partial charge < -0.3 is 9.80 Å². The van der Waals surface area contributed by atoms with Crippen LogP contribution >= 0.6 is 22.6 Å². The van der Waals surface area contributed by atoms with Crippen molar-refractivity contribution in [2.45, 2.75) is 0 Å². The summed E-state index contributed by atoms with van der Waals surface area (Å²) in [6.45, 7) is 4.28. The highest BCUT2D eigenvalue weighted by molar-refractivity contribution is 14.1. The predicted octanol–water partition coefficient (Wildman–Crippen LogP) is 1.09. The van der Waals surface area contributed by atoms with Gasteiger partial charge in [-0.05, 0) is 41.8 Å². The monoisotopic (exact) mass is 343 g/mol. The summed E-state index contributed by atoms with van der Waals surface area (Å²) in [7, 11) is 2.16. The van der Waals surface area contributed by atoms with Gasteiger partial charge in [0.25, 0.3) is 0 Å². The van der Waals surface area contributed by atoms with Gasteiger partial charge in [0, 0.05) is 26.2 Å². The quantitative estimate of drug-likeness (QED) is 0.727. The van der Waals surface area contributed by atoms with E-state index in [4.69, 9.17) is 0 Å². The average Bonchev–Trinajstić information content (AvgIpc) is 2.72. The predicted molar refractivity (Wildman–Crippen MR) is 75.4 cm³/mol. The van der Waals surface area contributed by atoms with E-state index in [1.807, 2.05) is 16.8 Å². The van der Waals surface area contributed by atoms with Gasteiger partial charge >= 0.3 is 0 Å². The van der Waals surface area contributed by atoms with Crippen LogP contribution in [0.25, 0.3) is 5.65 Å². The first-order valence-corrected chi connectivity index (χ1v) is 6.76. The molecule has 0 amide bonds. The number of anilines is 1. The van der Waals surface area contributed by atoms with Crippen LogP contribution < -0.4 is 4.90 Å². The van der Waals surface area contributed by atoms with Crippen LogP contribution in [0, 0.1) is 3.70 Å². The second kappa shape index (κ2) is 4.41. The van der Waals surface area contributed by atoms with Crippen LogP contribution in [0.1, 0.15) is 0 Å². The SMILES string of the molecule is CN1CCN(c2ccc3ncc(I)n3n2)CC1. The molecule has 0 aromatic carbocycles. The van der Waals surface area contributed by atoms with Crippen LogP contribution in [0.15, 0.2) is 18.3 Å². The summed E-state index contributed by atoms with van der Waals surface area (Å²) in [6.07, 6.45) is 1.84. The minimum atomic E-state index is 0.910. The van der Waals surface area contributed by atoms with Gasteiger partial charge in [-0.1, -0.05) is 0 Å². The Morgan fingerprint density at radius 1 is 1.18 bits per heavy atom. The van der Waals surface area contributed by atoms with Crippen LogP contribution in [0.3, 0.4) is 0 Å². The van der Waals surface area contributed by atoms with Gasteiger partial charge in [0.15, 0.2) is 5.65 Å². The molecule has 1 saturated heterocycles. The van der Waals surface area contributed by atoms with E-state index in [0.717, 1.165) is 41.3 Å². The molecule has 1 aliphatic heterocycles. The number of piperazine rings is 1. The zero-order chi connectivity index (χ0) is 11.8. The van der Waals surface area contributed by atoms with Crippen LogP contribution in [-0.2, 0) is 0 Å². The fourth-order valence-corrected chi connectivity index (χ4v) is 2.53. The van der Waals surface area contributed by atoms with Crippen LogP contribution in [0.4, 0.5) is 5.82 Å². The molecule has 1 fully saturated rings. The first kappa shape index (κ1) is 11.2. The van der Waals surface area contributed by atoms with Crippen molar-refractivity contribution < 1.29 is 0 Å². The van der Waals surface area contributed by atoms with Crippen molar-refractivity contribution in [1.29, 1.82) is 0 Å². The number of hydrogen-bond acceptors (Lipinski definition) is 4. The van der Waals surface area contributed by atoms with Gasteiger partial charge in [0.2, 0.25) is 0 Å². The van der Waals surface area contributed by atoms with Crippen molar-refractivity contribution in [1.82, 2.24) is 19.5 Å². The lowest BCUT2D eigenvalue weighted by atomic mass is 10.3. The molecular weight excluding hydrogens is 329 g/mol. The maximum Gasteiger partial charge on any atom is 0.154 e. The molecule has 3 heterocycles. The lowest BCUT2D eigenvalue weighted by Gasteiger charge is -2.33. The molecule has 1 aliphatic rings. The van der Waals surface area contributed by atoms with E-state index in [1.165, 1.54) is 0 Å². The van der Waals surface area contributed by atoms with Gasteiger partial charge in [0.05, 0.1) is 6.20 Å². The van der Waals surface area contributed by atoms with Crippen LogP contribution in [0.5, 0.6) is 0 Å². The van der Waals surface area contributed by atoms with Crippen molar-refractivity contribution >= 4 is 34.1 Å². The number of likely N-dealkylation sites (N-methyl/N-ethyl adjacent to an activating group) is 1. The highest BCUT2D eigenvalue weighted by Crippen LogP contribution is 2.15. The standard InChI is InChI=1S/C11H14IN5/c1-15-4-6-16(7-5-15)11-3-2-10-13-8-9(12)17(10)14-11/h2-3,8H,4-7H2,1H3. The summed E-state index contributed by atoms with van der Waals surface area (Å²) in [5.74, 6) is 1.04. The molecule has 0 atom stereocenters. The molecule has 0 aliphatic carbocycles. The van der Waals surface area contributed by atoms with E-state index >= 15 is 0 Å². The molecule has 6 heteroatoms. The first-order chi connectivity index (χ1) is 8.24. The highest BCUT2D eigenvalue weighted by Gasteiger charge is 2.16. The minimum absolute atomic E-state index is 0.910. The molecule has 2 aromatic heterocycles. The number of nitrogens with zero attached hydrogens (tertiary/aromatic N) is 5. The molecule has 90 valence electrons. The lowest BCUT2D eigenvalue weighted by Crippen LogP contribution is -2.44. The number of hydrogen-bond donors (Lipinski definition) is 0. The molecule has 0 bridgehead atoms. The number of rotatable bonds is 1. The fourth-order valence-electron chi connectivity index (χ4n) is 2.04. The third kappa shape index (κ3) is 2.11. The van der Waals surface area contributed by atoms with Crippen molar-refractivity contribution in [3.05, 3.63) is 22.0 Å². The molecule has 2 aromatic rings. The smallest absolute Gasteiger partial charge is 0.154 e. The minimum Gasteiger partial charge on any atom is -0.353 e. The molecule has 17 heavy (non-hydrogen) atoms. The molecule has 5 nitrogen and oxygen atoms in total. The van der Waals surface area contributed by atoms with Crippen molar-refractivity contribution in [2.75, 3.05) is 38.1 Å². The Balaban J connectivity index is 1.92. The van der Waals surface area contributed by atoms with Crippen molar-refractivity contribution in [3.63, 3.8) is 0 Å². The Morgan fingerprint density at radius 3 is 2.71 bits per heavy atom. The van der Waals surface area contributed by atoms with E-state index in [9.17, 15) is 0 Å². The number of imidazole rings is 1. The van der Waals surface area contributed by atoms with Gasteiger partial charge in [-0.15, -0.1) is 5.10 Å². The molecule has 0 saturated carbocycles. The molecule has 0 spiro atoms. The summed E-state index contributed by atoms with van der Waals surface area (Å²) in [4.78, 5) is 8.95. The summed E-state index contributed by atoms with van der Waals surface area (Å²) in [6, 6.07) is 4.09. The third-order valence-electron chi connectivity index (χ3n) is 3.13. The van der Waals surface area contributed by atoms with Crippen molar-refractivity contribution in [2.24, 2.45) is 0 Å². The maximum atomic E-state index is 4.64. The average molecular weight is 343 g/mol. The van der Waals surface area contributed by atoms with E-state index in [0.29, 0.717) is 0 Å². The van der Waals surface area contributed by atoms with Crippen LogP contribution in [-0.4, -0.2) is 52.7 Å². The van der Waals surface area contributed by atoms with Gasteiger partial charge in [-0.2, -0.15) is 0 Å². The maximum absolute atomic E-state index is 4.64. The summed E-state index contributed by atoms with van der Waals surface area (Å²) in [5, 5.41) is 4.64. The largest absolute Gasteiger partial charge is 0.353 e. The normalized spacial score (nSPS) is 17.9. The number of halogens is 1. The Labute approximate surface area is 114 Å². The zero-order valence-electron chi connectivity index (χ0n) is 9.67. The van der Waals surface area contributed by atoms with E-state index < -0.39 is 0 Å². The van der Waals surface area contributed by atoms with Crippen LogP contribution in [0.2, 0.25) is 0 Å². The molecule has 3 rings (SSSR count). The van der Waals surface area contributed by atoms with E-state index in [1.54, 1.807) is 0 Å². The van der Waals surface area contributed by atoms with Crippen molar-refractivity contribution in [3.8, 4) is 0 Å². The number of fused-ring (bicyclic) bond motifs is 1. The highest BCUT2D eigenvalue weighted by atomic mass is 127. The fraction of sp³-hybridized carbons (Fsp3) is 0.455. The molecule has 0 radical (unpaired) electrons. The van der Waals surface area contributed by atoms with Gasteiger partial charge in [-0.25, -0.2) is 9.50 Å². The Morgan fingerprint density at radius 2 is 1.94 bits per heavy atom. The molecular formula is C11H14IN5. The summed E-state index contributed by atoms with van der Waals surface area (Å²) >= 11 is 2.26. The second-order valence-corrected chi connectivity index (χ2v) is 5.44. The first-order valence-electron chi connectivity index (χ1n) is 5.68. The van der Waals surface area contributed by atoms with Gasteiger partial charge in [0.1, 0.15) is 9.52 Å². The number of aromatic nitrogens is 3. The van der Waals surface area contributed by atoms with E-state index in [2.05, 4.69) is 55.6 Å². The lowest BCUT2D eigenvalue weighted by molar-refractivity contribution is 0.311. The Kier molecular flexibility index (Phi) is 2.91.